The monoisotopic (exact) mass is 637 g/mol. The van der Waals surface area contributed by atoms with Crippen molar-refractivity contribution in [2.45, 2.75) is 0 Å². The van der Waals surface area contributed by atoms with Crippen molar-refractivity contribution in [2.24, 2.45) is 0 Å². The smallest absolute Gasteiger partial charge is 0.136 e. The second kappa shape index (κ2) is 11.5. The van der Waals surface area contributed by atoms with Gasteiger partial charge < -0.3 is 9.32 Å². The first-order chi connectivity index (χ1) is 24.8. The summed E-state index contributed by atoms with van der Waals surface area (Å²) in [5.74, 6) is 0. The van der Waals surface area contributed by atoms with Crippen molar-refractivity contribution in [2.75, 3.05) is 4.90 Å². The van der Waals surface area contributed by atoms with E-state index in [4.69, 9.17) is 4.42 Å². The van der Waals surface area contributed by atoms with Gasteiger partial charge >= 0.3 is 0 Å². The number of para-hydroxylation sites is 1. The largest absolute Gasteiger partial charge is 0.456 e. The Balaban J connectivity index is 1.11. The van der Waals surface area contributed by atoms with Crippen LogP contribution in [0.2, 0.25) is 0 Å². The Kier molecular flexibility index (Phi) is 6.53. The lowest BCUT2D eigenvalue weighted by Crippen LogP contribution is -2.10. The lowest BCUT2D eigenvalue weighted by Gasteiger charge is -2.28. The minimum atomic E-state index is 0.919. The molecule has 0 spiro atoms. The van der Waals surface area contributed by atoms with Gasteiger partial charge in [0.25, 0.3) is 0 Å². The Bertz CT molecular complexity index is 2870. The Hall–Kier alpha value is -6.64. The molecule has 9 aromatic carbocycles. The van der Waals surface area contributed by atoms with Crippen LogP contribution in [0.25, 0.3) is 76.5 Å². The molecule has 50 heavy (non-hydrogen) atoms. The van der Waals surface area contributed by atoms with Gasteiger partial charge in [-0.1, -0.05) is 133 Å². The number of fused-ring (bicyclic) bond motifs is 7. The first-order valence-corrected chi connectivity index (χ1v) is 17.1. The van der Waals surface area contributed by atoms with Gasteiger partial charge in [-0.05, 0) is 104 Å². The summed E-state index contributed by atoms with van der Waals surface area (Å²) in [6.07, 6.45) is 0. The number of furan rings is 1. The van der Waals surface area contributed by atoms with Gasteiger partial charge in [0.1, 0.15) is 11.2 Å². The lowest BCUT2D eigenvalue weighted by molar-refractivity contribution is 0.669. The molecule has 0 fully saturated rings. The van der Waals surface area contributed by atoms with E-state index >= 15 is 0 Å². The van der Waals surface area contributed by atoms with Crippen LogP contribution in [0.4, 0.5) is 17.1 Å². The molecule has 0 aliphatic rings. The Morgan fingerprint density at radius 3 is 1.82 bits per heavy atom. The van der Waals surface area contributed by atoms with E-state index in [1.54, 1.807) is 0 Å². The van der Waals surface area contributed by atoms with Crippen LogP contribution in [-0.4, -0.2) is 0 Å². The van der Waals surface area contributed by atoms with Crippen molar-refractivity contribution in [1.82, 2.24) is 0 Å². The number of nitrogens with zero attached hydrogens (tertiary/aromatic N) is 1. The maximum Gasteiger partial charge on any atom is 0.136 e. The van der Waals surface area contributed by atoms with E-state index < -0.39 is 0 Å². The van der Waals surface area contributed by atoms with Crippen LogP contribution in [0.15, 0.2) is 192 Å². The minimum absolute atomic E-state index is 0.919. The Morgan fingerprint density at radius 2 is 0.960 bits per heavy atom. The molecule has 0 aliphatic carbocycles. The molecule has 10 rings (SSSR count). The van der Waals surface area contributed by atoms with Gasteiger partial charge in [0.15, 0.2) is 0 Å². The molecule has 0 saturated carbocycles. The molecule has 0 saturated heterocycles. The summed E-state index contributed by atoms with van der Waals surface area (Å²) in [5.41, 5.74) is 9.93. The van der Waals surface area contributed by atoms with Crippen LogP contribution in [0, 0.1) is 0 Å². The number of benzene rings is 9. The van der Waals surface area contributed by atoms with Crippen molar-refractivity contribution < 1.29 is 4.42 Å². The topological polar surface area (TPSA) is 16.4 Å². The van der Waals surface area contributed by atoms with Gasteiger partial charge in [0.2, 0.25) is 0 Å². The molecule has 10 aromatic rings. The third-order valence-corrected chi connectivity index (χ3v) is 9.99. The van der Waals surface area contributed by atoms with E-state index in [1.807, 2.05) is 12.1 Å². The Labute approximate surface area is 290 Å². The third-order valence-electron chi connectivity index (χ3n) is 9.99. The molecule has 0 unspecified atom stereocenters. The fourth-order valence-electron chi connectivity index (χ4n) is 7.55. The summed E-state index contributed by atoms with van der Waals surface area (Å²) in [6, 6.07) is 67.7. The number of hydrogen-bond donors (Lipinski definition) is 0. The molecule has 0 radical (unpaired) electrons. The molecule has 0 atom stereocenters. The van der Waals surface area contributed by atoms with Gasteiger partial charge in [-0.2, -0.15) is 0 Å². The molecule has 0 N–H and O–H groups in total. The van der Waals surface area contributed by atoms with E-state index in [9.17, 15) is 0 Å². The normalized spacial score (nSPS) is 11.6. The molecule has 2 nitrogen and oxygen atoms in total. The van der Waals surface area contributed by atoms with Crippen molar-refractivity contribution in [3.63, 3.8) is 0 Å². The van der Waals surface area contributed by atoms with Crippen LogP contribution in [0.1, 0.15) is 0 Å². The van der Waals surface area contributed by atoms with Crippen LogP contribution >= 0.6 is 0 Å². The molecule has 1 aromatic heterocycles. The van der Waals surface area contributed by atoms with Crippen LogP contribution in [0.3, 0.4) is 0 Å². The summed E-state index contributed by atoms with van der Waals surface area (Å²) >= 11 is 0. The summed E-state index contributed by atoms with van der Waals surface area (Å²) < 4.78 is 6.22. The SMILES string of the molecule is c1ccc(-c2cccc(N(c3ccc(-c4ccc5cc6c(cc5c4)oc4ccccc46)cc3)c3cc4ccccc4c4ccccc34)c2)cc1. The summed E-state index contributed by atoms with van der Waals surface area (Å²) in [6.45, 7) is 0. The first-order valence-electron chi connectivity index (χ1n) is 17.1. The van der Waals surface area contributed by atoms with E-state index in [-0.39, 0.29) is 0 Å². The van der Waals surface area contributed by atoms with Gasteiger partial charge in [-0.25, -0.2) is 0 Å². The minimum Gasteiger partial charge on any atom is -0.456 e. The quantitative estimate of drug-likeness (QED) is 0.175. The van der Waals surface area contributed by atoms with Gasteiger partial charge in [-0.3, -0.25) is 0 Å². The van der Waals surface area contributed by atoms with E-state index in [2.05, 4.69) is 181 Å². The van der Waals surface area contributed by atoms with Crippen molar-refractivity contribution in [3.8, 4) is 22.3 Å². The average Bonchev–Trinajstić information content (AvgIpc) is 3.55. The van der Waals surface area contributed by atoms with Gasteiger partial charge in [-0.15, -0.1) is 0 Å². The molecule has 1 heterocycles. The van der Waals surface area contributed by atoms with E-state index in [0.29, 0.717) is 0 Å². The molecular weight excluding hydrogens is 607 g/mol. The molecule has 2 heteroatoms. The fourth-order valence-corrected chi connectivity index (χ4v) is 7.55. The third kappa shape index (κ3) is 4.73. The molecule has 0 bridgehead atoms. The standard InChI is InChI=1S/C48H31NO/c1-2-11-32(12-3-1)34-14-10-15-40(28-34)49(46-30-37-13-4-5-16-41(37)42-17-6-7-18-43(42)46)39-25-23-33(24-26-39)35-21-22-36-29-45-44-19-8-9-20-47(44)50-48(45)31-38(36)27-35/h1-31H. The molecule has 0 amide bonds. The highest BCUT2D eigenvalue weighted by molar-refractivity contribution is 6.15. The van der Waals surface area contributed by atoms with E-state index in [1.165, 1.54) is 54.6 Å². The van der Waals surface area contributed by atoms with Crippen LogP contribution in [-0.2, 0) is 0 Å². The summed E-state index contributed by atoms with van der Waals surface area (Å²) in [5, 5.41) is 9.62. The Morgan fingerprint density at radius 1 is 0.300 bits per heavy atom. The van der Waals surface area contributed by atoms with E-state index in [0.717, 1.165) is 39.0 Å². The van der Waals surface area contributed by atoms with Crippen molar-refractivity contribution >= 4 is 71.3 Å². The van der Waals surface area contributed by atoms with Crippen molar-refractivity contribution in [3.05, 3.63) is 188 Å². The number of hydrogen-bond acceptors (Lipinski definition) is 2. The van der Waals surface area contributed by atoms with Gasteiger partial charge in [0, 0.05) is 27.5 Å². The molecular formula is C48H31NO. The average molecular weight is 638 g/mol. The zero-order valence-corrected chi connectivity index (χ0v) is 27.3. The predicted octanol–water partition coefficient (Wildman–Crippen LogP) is 13.8. The predicted molar refractivity (Wildman–Crippen MR) is 212 cm³/mol. The summed E-state index contributed by atoms with van der Waals surface area (Å²) in [7, 11) is 0. The highest BCUT2D eigenvalue weighted by Gasteiger charge is 2.18. The second-order valence-corrected chi connectivity index (χ2v) is 13.0. The van der Waals surface area contributed by atoms with Gasteiger partial charge in [0.05, 0.1) is 5.69 Å². The highest BCUT2D eigenvalue weighted by atomic mass is 16.3. The van der Waals surface area contributed by atoms with Crippen LogP contribution in [0.5, 0.6) is 0 Å². The maximum absolute atomic E-state index is 6.22. The number of anilines is 3. The maximum atomic E-state index is 6.22. The van der Waals surface area contributed by atoms with Crippen LogP contribution < -0.4 is 4.90 Å². The number of rotatable bonds is 5. The first kappa shape index (κ1) is 28.4. The molecule has 0 aliphatic heterocycles. The van der Waals surface area contributed by atoms with Crippen molar-refractivity contribution in [1.29, 1.82) is 0 Å². The second-order valence-electron chi connectivity index (χ2n) is 13.0. The zero-order valence-electron chi connectivity index (χ0n) is 27.3. The molecule has 234 valence electrons. The lowest BCUT2D eigenvalue weighted by atomic mass is 9.97. The highest BCUT2D eigenvalue weighted by Crippen LogP contribution is 2.43. The zero-order chi connectivity index (χ0) is 33.0. The summed E-state index contributed by atoms with van der Waals surface area (Å²) in [4.78, 5) is 2.41. The fraction of sp³-hybridized carbons (Fsp3) is 0.